The van der Waals surface area contributed by atoms with Gasteiger partial charge in [0, 0.05) is 51.9 Å². The highest BCUT2D eigenvalue weighted by Gasteiger charge is 2.21. The van der Waals surface area contributed by atoms with Crippen molar-refractivity contribution in [2.24, 2.45) is 5.73 Å². The summed E-state index contributed by atoms with van der Waals surface area (Å²) < 4.78 is 0. The van der Waals surface area contributed by atoms with Gasteiger partial charge in [0.15, 0.2) is 0 Å². The van der Waals surface area contributed by atoms with Crippen molar-refractivity contribution in [2.45, 2.75) is 25.3 Å². The van der Waals surface area contributed by atoms with E-state index in [0.717, 1.165) is 19.3 Å². The maximum Gasteiger partial charge on any atom is 0.317 e. The van der Waals surface area contributed by atoms with E-state index in [0.29, 0.717) is 52.4 Å². The largest absolute Gasteiger partial charge is 0.480 e. The zero-order valence-corrected chi connectivity index (χ0v) is 17.0. The Hall–Kier alpha value is -1.79. The average Bonchev–Trinajstić information content (AvgIpc) is 2.71. The van der Waals surface area contributed by atoms with Gasteiger partial charge < -0.3 is 26.4 Å². The fourth-order valence-corrected chi connectivity index (χ4v) is 3.40. The van der Waals surface area contributed by atoms with Gasteiger partial charge in [0.25, 0.3) is 0 Å². The van der Waals surface area contributed by atoms with Crippen molar-refractivity contribution in [3.63, 3.8) is 0 Å². The smallest absolute Gasteiger partial charge is 0.317 e. The van der Waals surface area contributed by atoms with Crippen LogP contribution in [0.4, 0.5) is 0 Å². The summed E-state index contributed by atoms with van der Waals surface area (Å²) in [5, 5.41) is 30.3. The van der Waals surface area contributed by atoms with Gasteiger partial charge >= 0.3 is 17.9 Å². The van der Waals surface area contributed by atoms with Gasteiger partial charge in [-0.1, -0.05) is 6.42 Å². The lowest BCUT2D eigenvalue weighted by molar-refractivity contribution is -0.140. The Kier molecular flexibility index (Phi) is 12.4. The van der Waals surface area contributed by atoms with Crippen LogP contribution in [0.5, 0.6) is 0 Å². The third kappa shape index (κ3) is 12.4. The SMILES string of the molecule is NCCCC[C@H](CN1CCN(CC(=O)O)CCN(CC(=O)O)CC1)NCC(=O)O. The Bertz CT molecular complexity index is 493. The Balaban J connectivity index is 2.76. The highest BCUT2D eigenvalue weighted by molar-refractivity contribution is 5.69. The predicted octanol–water partition coefficient (Wildman–Crippen LogP) is -1.75. The number of aliphatic carboxylic acids is 3. The predicted molar refractivity (Wildman–Crippen MR) is 107 cm³/mol. The Morgan fingerprint density at radius 2 is 1.28 bits per heavy atom. The van der Waals surface area contributed by atoms with E-state index in [1.807, 2.05) is 9.80 Å². The fraction of sp³-hybridized carbons (Fsp3) is 0.833. The fourth-order valence-electron chi connectivity index (χ4n) is 3.40. The lowest BCUT2D eigenvalue weighted by Crippen LogP contribution is -2.46. The first-order valence-electron chi connectivity index (χ1n) is 10.1. The van der Waals surface area contributed by atoms with Crippen molar-refractivity contribution < 1.29 is 29.7 Å². The van der Waals surface area contributed by atoms with Gasteiger partial charge in [-0.05, 0) is 19.4 Å². The van der Waals surface area contributed by atoms with Crippen LogP contribution in [0.3, 0.4) is 0 Å². The molecule has 1 aliphatic heterocycles. The summed E-state index contributed by atoms with van der Waals surface area (Å²) in [4.78, 5) is 39.0. The van der Waals surface area contributed by atoms with Crippen LogP contribution in [-0.4, -0.2) is 126 Å². The molecule has 1 saturated heterocycles. The topological polar surface area (TPSA) is 160 Å². The lowest BCUT2D eigenvalue weighted by Gasteiger charge is -2.29. The summed E-state index contributed by atoms with van der Waals surface area (Å²) in [6.07, 6.45) is 2.54. The third-order valence-electron chi connectivity index (χ3n) is 4.94. The number of hydrogen-bond acceptors (Lipinski definition) is 8. The van der Waals surface area contributed by atoms with Gasteiger partial charge in [0.1, 0.15) is 0 Å². The molecule has 0 amide bonds. The van der Waals surface area contributed by atoms with Gasteiger partial charge in [0.2, 0.25) is 0 Å². The molecule has 1 rings (SSSR count). The molecule has 0 bridgehead atoms. The summed E-state index contributed by atoms with van der Waals surface area (Å²) in [7, 11) is 0. The molecule has 1 aliphatic rings. The molecule has 0 aromatic rings. The van der Waals surface area contributed by atoms with E-state index in [9.17, 15) is 14.4 Å². The van der Waals surface area contributed by atoms with E-state index in [4.69, 9.17) is 21.1 Å². The first-order chi connectivity index (χ1) is 13.8. The molecule has 0 unspecified atom stereocenters. The number of nitrogens with zero attached hydrogens (tertiary/aromatic N) is 3. The van der Waals surface area contributed by atoms with Gasteiger partial charge in [-0.25, -0.2) is 0 Å². The van der Waals surface area contributed by atoms with Crippen LogP contribution in [0.1, 0.15) is 19.3 Å². The van der Waals surface area contributed by atoms with Crippen LogP contribution in [0.25, 0.3) is 0 Å². The second-order valence-electron chi connectivity index (χ2n) is 7.40. The first kappa shape index (κ1) is 25.2. The van der Waals surface area contributed by atoms with Gasteiger partial charge in [-0.3, -0.25) is 29.1 Å². The number of unbranched alkanes of at least 4 members (excludes halogenated alkanes) is 1. The molecule has 0 aromatic carbocycles. The molecule has 0 radical (unpaired) electrons. The monoisotopic (exact) mass is 417 g/mol. The second-order valence-corrected chi connectivity index (χ2v) is 7.40. The van der Waals surface area contributed by atoms with E-state index in [1.165, 1.54) is 0 Å². The molecule has 0 spiro atoms. The summed E-state index contributed by atoms with van der Waals surface area (Å²) >= 11 is 0. The molecular weight excluding hydrogens is 382 g/mol. The van der Waals surface area contributed by atoms with E-state index in [2.05, 4.69) is 10.2 Å². The van der Waals surface area contributed by atoms with Gasteiger partial charge in [-0.15, -0.1) is 0 Å². The van der Waals surface area contributed by atoms with Gasteiger partial charge in [-0.2, -0.15) is 0 Å². The molecule has 29 heavy (non-hydrogen) atoms. The van der Waals surface area contributed by atoms with E-state index < -0.39 is 17.9 Å². The third-order valence-corrected chi connectivity index (χ3v) is 4.94. The van der Waals surface area contributed by atoms with Crippen molar-refractivity contribution in [1.82, 2.24) is 20.0 Å². The minimum Gasteiger partial charge on any atom is -0.480 e. The number of rotatable bonds is 13. The number of carboxylic acids is 3. The molecular formula is C18H35N5O6. The van der Waals surface area contributed by atoms with Crippen LogP contribution in [-0.2, 0) is 14.4 Å². The van der Waals surface area contributed by atoms with Crippen LogP contribution in [0.15, 0.2) is 0 Å². The summed E-state index contributed by atoms with van der Waals surface area (Å²) in [5.74, 6) is -2.75. The maximum absolute atomic E-state index is 11.1. The molecule has 0 aromatic heterocycles. The van der Waals surface area contributed by atoms with Crippen molar-refractivity contribution in [3.05, 3.63) is 0 Å². The van der Waals surface area contributed by atoms with Crippen LogP contribution in [0, 0.1) is 0 Å². The summed E-state index contributed by atoms with van der Waals surface area (Å²) in [5.41, 5.74) is 5.55. The highest BCUT2D eigenvalue weighted by Crippen LogP contribution is 2.06. The molecule has 1 fully saturated rings. The van der Waals surface area contributed by atoms with Crippen LogP contribution >= 0.6 is 0 Å². The van der Waals surface area contributed by atoms with Crippen molar-refractivity contribution in [1.29, 1.82) is 0 Å². The van der Waals surface area contributed by atoms with Gasteiger partial charge in [0.05, 0.1) is 19.6 Å². The van der Waals surface area contributed by atoms with E-state index in [1.54, 1.807) is 0 Å². The van der Waals surface area contributed by atoms with Crippen LogP contribution in [0.2, 0.25) is 0 Å². The number of nitrogens with two attached hydrogens (primary N) is 1. The summed E-state index contributed by atoms with van der Waals surface area (Å²) in [6.45, 7) is 4.25. The molecule has 6 N–H and O–H groups in total. The Morgan fingerprint density at radius 3 is 1.69 bits per heavy atom. The quantitative estimate of drug-likeness (QED) is 0.216. The lowest BCUT2D eigenvalue weighted by atomic mass is 10.1. The summed E-state index contributed by atoms with van der Waals surface area (Å²) in [6, 6.07) is -0.0285. The number of hydrogen-bond donors (Lipinski definition) is 5. The van der Waals surface area contributed by atoms with E-state index >= 15 is 0 Å². The van der Waals surface area contributed by atoms with Crippen LogP contribution < -0.4 is 11.1 Å². The zero-order valence-electron chi connectivity index (χ0n) is 17.0. The molecule has 0 aliphatic carbocycles. The zero-order chi connectivity index (χ0) is 21.6. The minimum atomic E-state index is -0.918. The molecule has 0 saturated carbocycles. The Morgan fingerprint density at radius 1 is 0.793 bits per heavy atom. The maximum atomic E-state index is 11.1. The number of nitrogens with one attached hydrogen (secondary N) is 1. The standard InChI is InChI=1S/C18H35N5O6/c19-4-2-1-3-15(20-11-16(24)25)12-21-5-7-22(13-17(26)27)9-10-23(8-6-21)14-18(28)29/h15,20H,1-14,19H2,(H,24,25)(H,26,27)(H,28,29)/t15-/m1/s1. The molecule has 1 heterocycles. The number of carbonyl (C=O) groups is 3. The minimum absolute atomic E-state index is 0.0285. The van der Waals surface area contributed by atoms with E-state index in [-0.39, 0.29) is 25.7 Å². The first-order valence-corrected chi connectivity index (χ1v) is 10.1. The normalized spacial score (nSPS) is 18.5. The van der Waals surface area contributed by atoms with Crippen molar-refractivity contribution >= 4 is 17.9 Å². The highest BCUT2D eigenvalue weighted by atomic mass is 16.4. The second kappa shape index (κ2) is 14.2. The molecule has 11 heteroatoms. The average molecular weight is 418 g/mol. The van der Waals surface area contributed by atoms with Crippen molar-refractivity contribution in [3.8, 4) is 0 Å². The number of carboxylic acid groups (broad SMARTS) is 3. The molecule has 168 valence electrons. The molecule has 1 atom stereocenters. The molecule has 11 nitrogen and oxygen atoms in total. The van der Waals surface area contributed by atoms with Crippen molar-refractivity contribution in [2.75, 3.05) is 72.0 Å². The Labute approximate surface area is 171 Å².